The van der Waals surface area contributed by atoms with Gasteiger partial charge in [0.25, 0.3) is 0 Å². The van der Waals surface area contributed by atoms with Gasteiger partial charge in [0.05, 0.1) is 34.3 Å². The number of amides is 2. The van der Waals surface area contributed by atoms with E-state index in [0.29, 0.717) is 33.4 Å². The zero-order chi connectivity index (χ0) is 33.1. The molecule has 2 bridgehead atoms. The highest BCUT2D eigenvalue weighted by Crippen LogP contribution is 2.60. The van der Waals surface area contributed by atoms with Crippen molar-refractivity contribution in [2.24, 2.45) is 23.7 Å². The van der Waals surface area contributed by atoms with Crippen LogP contribution in [0.25, 0.3) is 33.3 Å². The fourth-order valence-electron chi connectivity index (χ4n) is 7.65. The van der Waals surface area contributed by atoms with E-state index in [4.69, 9.17) is 9.72 Å². The molecule has 3 fully saturated rings. The molecule has 1 aliphatic heterocycles. The van der Waals surface area contributed by atoms with Crippen LogP contribution in [-0.4, -0.2) is 44.8 Å². The third kappa shape index (κ3) is 5.11. The molecule has 6 unspecified atom stereocenters. The number of carbonyl (C=O) groups is 4. The standard InChI is InChI=1S/C39H28Br2N2O5/c40-35-28-18-29(36(35)41)34-33(28)37(45)43(38(34)46)25-16-14-23(15-17-25)31-19-27(26-8-4-5-9-30(26)42-31)39(47)48-20-32(44)24-12-10-22(11-13-24)21-6-2-1-3-7-21/h1-17,19,28-29,33-36H,18,20H2. The molecule has 8 rings (SSSR count). The summed E-state index contributed by atoms with van der Waals surface area (Å²) in [6, 6.07) is 33.1. The lowest BCUT2D eigenvalue weighted by Crippen LogP contribution is -2.37. The first kappa shape index (κ1) is 30.8. The van der Waals surface area contributed by atoms with Crippen molar-refractivity contribution in [3.63, 3.8) is 0 Å². The molecule has 0 spiro atoms. The van der Waals surface area contributed by atoms with Crippen LogP contribution in [0.4, 0.5) is 5.69 Å². The van der Waals surface area contributed by atoms with Gasteiger partial charge >= 0.3 is 5.97 Å². The van der Waals surface area contributed by atoms with Crippen LogP contribution in [0, 0.1) is 23.7 Å². The number of carbonyl (C=O) groups excluding carboxylic acids is 4. The highest BCUT2D eigenvalue weighted by atomic mass is 79.9. The van der Waals surface area contributed by atoms with Gasteiger partial charge in [0.2, 0.25) is 11.8 Å². The number of Topliss-reactive ketones (excluding diaryl/α,β-unsaturated/α-hetero) is 1. The molecule has 2 aliphatic carbocycles. The number of halogens is 2. The Morgan fingerprint density at radius 1 is 0.729 bits per heavy atom. The minimum absolute atomic E-state index is 0.135. The lowest BCUT2D eigenvalue weighted by atomic mass is 9.81. The predicted molar refractivity (Wildman–Crippen MR) is 190 cm³/mol. The topological polar surface area (TPSA) is 93.6 Å². The first-order valence-electron chi connectivity index (χ1n) is 15.8. The van der Waals surface area contributed by atoms with Crippen molar-refractivity contribution in [3.8, 4) is 22.4 Å². The number of ketones is 1. The van der Waals surface area contributed by atoms with Gasteiger partial charge in [-0.2, -0.15) is 0 Å². The third-order valence-electron chi connectivity index (χ3n) is 9.99. The molecule has 9 heteroatoms. The Balaban J connectivity index is 1.01. The highest BCUT2D eigenvalue weighted by molar-refractivity contribution is 9.12. The lowest BCUT2D eigenvalue weighted by molar-refractivity contribution is -0.123. The smallest absolute Gasteiger partial charge is 0.339 e. The van der Waals surface area contributed by atoms with Crippen LogP contribution in [-0.2, 0) is 14.3 Å². The summed E-state index contributed by atoms with van der Waals surface area (Å²) in [7, 11) is 0. The second-order valence-corrected chi connectivity index (χ2v) is 14.7. The molecule has 238 valence electrons. The van der Waals surface area contributed by atoms with Crippen LogP contribution in [0.3, 0.4) is 0 Å². The summed E-state index contributed by atoms with van der Waals surface area (Å²) in [6.45, 7) is -0.405. The van der Waals surface area contributed by atoms with Crippen molar-refractivity contribution in [2.45, 2.75) is 16.1 Å². The van der Waals surface area contributed by atoms with Crippen molar-refractivity contribution in [2.75, 3.05) is 11.5 Å². The summed E-state index contributed by atoms with van der Waals surface area (Å²) in [5.74, 6) is -1.52. The molecule has 2 saturated carbocycles. The molecule has 2 heterocycles. The molecule has 0 radical (unpaired) electrons. The van der Waals surface area contributed by atoms with Gasteiger partial charge < -0.3 is 4.74 Å². The Morgan fingerprint density at radius 3 is 1.98 bits per heavy atom. The van der Waals surface area contributed by atoms with Crippen LogP contribution in [0.5, 0.6) is 0 Å². The molecule has 6 atom stereocenters. The van der Waals surface area contributed by atoms with E-state index < -0.39 is 12.6 Å². The van der Waals surface area contributed by atoms with Gasteiger partial charge in [0.15, 0.2) is 12.4 Å². The van der Waals surface area contributed by atoms with Gasteiger partial charge in [0, 0.05) is 26.2 Å². The van der Waals surface area contributed by atoms with Gasteiger partial charge in [-0.15, -0.1) is 0 Å². The van der Waals surface area contributed by atoms with E-state index in [1.165, 1.54) is 4.90 Å². The van der Waals surface area contributed by atoms with E-state index in [-0.39, 0.29) is 56.5 Å². The summed E-state index contributed by atoms with van der Waals surface area (Å²) in [4.78, 5) is 59.9. The summed E-state index contributed by atoms with van der Waals surface area (Å²) in [6.07, 6.45) is 0.875. The van der Waals surface area contributed by atoms with Crippen molar-refractivity contribution >= 4 is 72.0 Å². The fourth-order valence-corrected chi connectivity index (χ4v) is 9.52. The Bertz CT molecular complexity index is 2070. The van der Waals surface area contributed by atoms with Gasteiger partial charge in [-0.3, -0.25) is 19.3 Å². The van der Waals surface area contributed by atoms with E-state index in [1.54, 1.807) is 48.5 Å². The Hall–Kier alpha value is -4.47. The third-order valence-corrected chi connectivity index (χ3v) is 13.2. The molecule has 2 amide bonds. The highest BCUT2D eigenvalue weighted by Gasteiger charge is 2.66. The molecule has 5 aromatic rings. The summed E-state index contributed by atoms with van der Waals surface area (Å²) in [5.41, 5.74) is 5.11. The van der Waals surface area contributed by atoms with Gasteiger partial charge in [-0.1, -0.05) is 117 Å². The van der Waals surface area contributed by atoms with Crippen molar-refractivity contribution in [3.05, 3.63) is 120 Å². The van der Waals surface area contributed by atoms with E-state index in [1.807, 2.05) is 60.7 Å². The lowest BCUT2D eigenvalue weighted by Gasteiger charge is -2.28. The maximum absolute atomic E-state index is 13.5. The Kier molecular flexibility index (Phi) is 7.84. The van der Waals surface area contributed by atoms with Gasteiger partial charge in [0.1, 0.15) is 0 Å². The number of para-hydroxylation sites is 1. The number of ether oxygens (including phenoxy) is 1. The first-order valence-corrected chi connectivity index (χ1v) is 17.7. The molecular weight excluding hydrogens is 736 g/mol. The molecular formula is C39H28Br2N2O5. The number of hydrogen-bond donors (Lipinski definition) is 0. The van der Waals surface area contributed by atoms with E-state index in [9.17, 15) is 19.2 Å². The molecule has 4 aromatic carbocycles. The molecule has 1 saturated heterocycles. The SMILES string of the molecule is O=C(COC(=O)c1cc(-c2ccc(N3C(=O)C4C5CC(C(Br)C5Br)C4C3=O)cc2)nc2ccccc12)c1ccc(-c2ccccc2)cc1. The minimum Gasteiger partial charge on any atom is -0.454 e. The number of pyridine rings is 1. The van der Waals surface area contributed by atoms with Crippen LogP contribution in [0.2, 0.25) is 0 Å². The number of rotatable bonds is 7. The number of aromatic nitrogens is 1. The van der Waals surface area contributed by atoms with Crippen LogP contribution in [0.1, 0.15) is 27.1 Å². The van der Waals surface area contributed by atoms with Gasteiger partial charge in [-0.25, -0.2) is 9.78 Å². The van der Waals surface area contributed by atoms with E-state index >= 15 is 0 Å². The second kappa shape index (κ2) is 12.2. The van der Waals surface area contributed by atoms with E-state index in [2.05, 4.69) is 31.9 Å². The van der Waals surface area contributed by atoms with Crippen molar-refractivity contribution < 1.29 is 23.9 Å². The summed E-state index contributed by atoms with van der Waals surface area (Å²) in [5, 5.41) is 0.604. The first-order chi connectivity index (χ1) is 23.3. The van der Waals surface area contributed by atoms with Crippen LogP contribution >= 0.6 is 31.9 Å². The number of anilines is 1. The number of imide groups is 1. The number of benzene rings is 4. The van der Waals surface area contributed by atoms with Crippen LogP contribution in [0.15, 0.2) is 109 Å². The number of esters is 1. The predicted octanol–water partition coefficient (Wildman–Crippen LogP) is 7.89. The van der Waals surface area contributed by atoms with E-state index in [0.717, 1.165) is 17.5 Å². The average Bonchev–Trinajstić information content (AvgIpc) is 3.75. The number of nitrogens with zero attached hydrogens (tertiary/aromatic N) is 2. The Labute approximate surface area is 293 Å². The average molecular weight is 764 g/mol. The summed E-state index contributed by atoms with van der Waals surface area (Å²) >= 11 is 7.48. The molecule has 7 nitrogen and oxygen atoms in total. The fraction of sp³-hybridized carbons (Fsp3) is 0.205. The largest absolute Gasteiger partial charge is 0.454 e. The minimum atomic E-state index is -0.634. The number of alkyl halides is 2. The Morgan fingerprint density at radius 2 is 1.31 bits per heavy atom. The molecule has 0 N–H and O–H groups in total. The monoisotopic (exact) mass is 762 g/mol. The quantitative estimate of drug-likeness (QED) is 0.0725. The zero-order valence-corrected chi connectivity index (χ0v) is 28.6. The molecule has 48 heavy (non-hydrogen) atoms. The number of hydrogen-bond acceptors (Lipinski definition) is 6. The molecule has 1 aromatic heterocycles. The molecule has 3 aliphatic rings. The normalized spacial score (nSPS) is 24.2. The zero-order valence-electron chi connectivity index (χ0n) is 25.5. The second-order valence-electron chi connectivity index (χ2n) is 12.6. The number of fused-ring (bicyclic) bond motifs is 6. The van der Waals surface area contributed by atoms with Crippen molar-refractivity contribution in [1.82, 2.24) is 4.98 Å². The van der Waals surface area contributed by atoms with Crippen molar-refractivity contribution in [1.29, 1.82) is 0 Å². The van der Waals surface area contributed by atoms with Crippen LogP contribution < -0.4 is 4.90 Å². The summed E-state index contributed by atoms with van der Waals surface area (Å²) < 4.78 is 5.54. The van der Waals surface area contributed by atoms with Gasteiger partial charge in [-0.05, 0) is 53.6 Å². The maximum Gasteiger partial charge on any atom is 0.339 e. The maximum atomic E-state index is 13.5.